The number of nitrogens with one attached hydrogen (secondary N) is 1. The second-order valence-electron chi connectivity index (χ2n) is 9.34. The number of hydrogen-bond donors (Lipinski definition) is 1. The van der Waals surface area contributed by atoms with E-state index in [2.05, 4.69) is 26.3 Å². The number of nitrogens with zero attached hydrogens (tertiary/aromatic N) is 3. The minimum absolute atomic E-state index is 0.0173. The summed E-state index contributed by atoms with van der Waals surface area (Å²) in [5.74, 6) is 0.170. The van der Waals surface area contributed by atoms with E-state index in [4.69, 9.17) is 9.72 Å². The van der Waals surface area contributed by atoms with E-state index in [9.17, 15) is 14.0 Å². The van der Waals surface area contributed by atoms with Crippen LogP contribution in [0.1, 0.15) is 37.6 Å². The van der Waals surface area contributed by atoms with Gasteiger partial charge in [0.15, 0.2) is 6.61 Å². The van der Waals surface area contributed by atoms with Crippen LogP contribution in [0.4, 0.5) is 10.1 Å². The van der Waals surface area contributed by atoms with Crippen molar-refractivity contribution in [3.63, 3.8) is 0 Å². The lowest BCUT2D eigenvalue weighted by atomic mass is 10.0. The van der Waals surface area contributed by atoms with Crippen molar-refractivity contribution in [3.8, 4) is 5.75 Å². The number of fused-ring (bicyclic) bond motifs is 2. The number of ether oxygens (including phenoxy) is 1. The highest BCUT2D eigenvalue weighted by molar-refractivity contribution is 9.10. The van der Waals surface area contributed by atoms with Crippen LogP contribution in [0.25, 0.3) is 21.7 Å². The third-order valence-corrected chi connectivity index (χ3v) is 7.10. The number of hydrogen-bond acceptors (Lipinski definition) is 5. The molecule has 0 aliphatic carbocycles. The molecule has 0 aliphatic heterocycles. The number of benzene rings is 4. The molecule has 0 radical (unpaired) electrons. The second kappa shape index (κ2) is 11.8. The van der Waals surface area contributed by atoms with Crippen LogP contribution in [-0.4, -0.2) is 28.4 Å². The molecule has 0 saturated heterocycles. The number of amides is 1. The van der Waals surface area contributed by atoms with Crippen LogP contribution in [-0.2, 0) is 4.79 Å². The Morgan fingerprint density at radius 1 is 1.10 bits per heavy atom. The Morgan fingerprint density at radius 3 is 2.65 bits per heavy atom. The van der Waals surface area contributed by atoms with Gasteiger partial charge in [-0.2, -0.15) is 9.78 Å². The van der Waals surface area contributed by atoms with E-state index in [0.717, 1.165) is 21.7 Å². The summed E-state index contributed by atoms with van der Waals surface area (Å²) in [6.07, 6.45) is 2.35. The lowest BCUT2D eigenvalue weighted by Gasteiger charge is -2.15. The van der Waals surface area contributed by atoms with Crippen molar-refractivity contribution in [2.75, 3.05) is 11.9 Å². The quantitative estimate of drug-likeness (QED) is 0.197. The highest BCUT2D eigenvalue weighted by Crippen LogP contribution is 2.27. The molecule has 0 saturated carbocycles. The largest absolute Gasteiger partial charge is 0.483 e. The maximum atomic E-state index is 13.6. The Hall–Kier alpha value is -4.37. The van der Waals surface area contributed by atoms with Crippen molar-refractivity contribution >= 4 is 55.4 Å². The summed E-state index contributed by atoms with van der Waals surface area (Å²) >= 11 is 3.44. The smallest absolute Gasteiger partial charge is 0.282 e. The summed E-state index contributed by atoms with van der Waals surface area (Å²) in [7, 11) is 0. The van der Waals surface area contributed by atoms with Crippen LogP contribution in [0.15, 0.2) is 93.2 Å². The zero-order valence-corrected chi connectivity index (χ0v) is 23.5. The van der Waals surface area contributed by atoms with Crippen LogP contribution < -0.4 is 15.6 Å². The molecule has 1 aromatic heterocycles. The third-order valence-electron chi connectivity index (χ3n) is 6.61. The van der Waals surface area contributed by atoms with Crippen LogP contribution in [0, 0.1) is 5.82 Å². The fraction of sp³-hybridized carbons (Fsp3) is 0.161. The number of halogens is 2. The third kappa shape index (κ3) is 5.79. The minimum Gasteiger partial charge on any atom is -0.483 e. The zero-order chi connectivity index (χ0) is 28.2. The zero-order valence-electron chi connectivity index (χ0n) is 21.9. The molecule has 1 heterocycles. The molecule has 0 spiro atoms. The number of carbonyl (C=O) groups excluding carboxylic acids is 1. The molecule has 1 amide bonds. The van der Waals surface area contributed by atoms with E-state index in [1.807, 2.05) is 56.3 Å². The van der Waals surface area contributed by atoms with Gasteiger partial charge in [0.1, 0.15) is 17.4 Å². The predicted octanol–water partition coefficient (Wildman–Crippen LogP) is 6.86. The van der Waals surface area contributed by atoms with Gasteiger partial charge in [-0.3, -0.25) is 9.59 Å². The van der Waals surface area contributed by atoms with Crippen LogP contribution >= 0.6 is 15.9 Å². The average molecular weight is 601 g/mol. The highest BCUT2D eigenvalue weighted by Gasteiger charge is 2.16. The Balaban J connectivity index is 1.53. The van der Waals surface area contributed by atoms with Crippen molar-refractivity contribution in [2.45, 2.75) is 26.2 Å². The summed E-state index contributed by atoms with van der Waals surface area (Å²) < 4.78 is 21.2. The molecule has 1 atom stereocenters. The molecule has 4 aromatic carbocycles. The molecule has 202 valence electrons. The van der Waals surface area contributed by atoms with Gasteiger partial charge in [-0.05, 0) is 65.7 Å². The fourth-order valence-corrected chi connectivity index (χ4v) is 4.66. The molecule has 1 N–H and O–H groups in total. The van der Waals surface area contributed by atoms with Gasteiger partial charge in [0, 0.05) is 21.6 Å². The van der Waals surface area contributed by atoms with Gasteiger partial charge in [0.05, 0.1) is 17.1 Å². The van der Waals surface area contributed by atoms with Crippen LogP contribution in [0.5, 0.6) is 5.75 Å². The second-order valence-corrected chi connectivity index (χ2v) is 10.3. The molecular weight excluding hydrogens is 575 g/mol. The molecule has 5 rings (SSSR count). The molecular formula is C31H26BrFN4O3. The molecule has 0 unspecified atom stereocenters. The summed E-state index contributed by atoms with van der Waals surface area (Å²) in [5, 5.41) is 9.55. The maximum absolute atomic E-state index is 13.6. The highest BCUT2D eigenvalue weighted by atomic mass is 79.9. The van der Waals surface area contributed by atoms with E-state index in [-0.39, 0.29) is 23.9 Å². The number of anilines is 1. The summed E-state index contributed by atoms with van der Waals surface area (Å²) in [6, 6.07) is 22.3. The molecule has 40 heavy (non-hydrogen) atoms. The Kier molecular flexibility index (Phi) is 8.02. The lowest BCUT2D eigenvalue weighted by molar-refractivity contribution is -0.118. The molecule has 0 aliphatic rings. The number of carbonyl (C=O) groups is 1. The van der Waals surface area contributed by atoms with Crippen molar-refractivity contribution in [2.24, 2.45) is 5.10 Å². The topological polar surface area (TPSA) is 85.6 Å². The van der Waals surface area contributed by atoms with E-state index < -0.39 is 5.91 Å². The SMILES string of the molecule is CC[C@@H](C)c1nc2ccc(Br)cc2c(=O)n1N=Cc1c(OCC(=O)Nc2ccc(F)cc2)ccc2ccccc12. The first-order chi connectivity index (χ1) is 19.3. The Labute approximate surface area is 238 Å². The molecule has 9 heteroatoms. The van der Waals surface area contributed by atoms with Gasteiger partial charge in [0.25, 0.3) is 11.5 Å². The average Bonchev–Trinajstić information content (AvgIpc) is 2.96. The fourth-order valence-electron chi connectivity index (χ4n) is 4.30. The van der Waals surface area contributed by atoms with Crippen LogP contribution in [0.3, 0.4) is 0 Å². The monoisotopic (exact) mass is 600 g/mol. The van der Waals surface area contributed by atoms with Crippen LogP contribution in [0.2, 0.25) is 0 Å². The normalized spacial score (nSPS) is 12.2. The van der Waals surface area contributed by atoms with Gasteiger partial charge in [-0.1, -0.05) is 60.1 Å². The van der Waals surface area contributed by atoms with Crippen molar-refractivity contribution in [1.29, 1.82) is 0 Å². The van der Waals surface area contributed by atoms with E-state index in [1.54, 1.807) is 18.3 Å². The maximum Gasteiger partial charge on any atom is 0.282 e. The van der Waals surface area contributed by atoms with Crippen molar-refractivity contribution in [3.05, 3.63) is 111 Å². The molecule has 0 bridgehead atoms. The van der Waals surface area contributed by atoms with Gasteiger partial charge in [-0.15, -0.1) is 0 Å². The standard InChI is InChI=1S/C31H26BrFN4O3/c1-3-19(2)30-36-27-14-9-21(32)16-25(27)31(39)37(30)34-17-26-24-7-5-4-6-20(24)8-15-28(26)40-18-29(38)35-23-12-10-22(33)11-13-23/h4-17,19H,3,18H2,1-2H3,(H,35,38)/t19-/m1/s1. The van der Waals surface area contributed by atoms with Crippen molar-refractivity contribution < 1.29 is 13.9 Å². The first kappa shape index (κ1) is 27.2. The predicted molar refractivity (Wildman–Crippen MR) is 160 cm³/mol. The molecule has 7 nitrogen and oxygen atoms in total. The van der Waals surface area contributed by atoms with E-state index >= 15 is 0 Å². The van der Waals surface area contributed by atoms with Gasteiger partial charge in [-0.25, -0.2) is 9.37 Å². The molecule has 5 aromatic rings. The van der Waals surface area contributed by atoms with Crippen molar-refractivity contribution in [1.82, 2.24) is 9.66 Å². The minimum atomic E-state index is -0.401. The Bertz CT molecular complexity index is 1800. The first-order valence-corrected chi connectivity index (χ1v) is 13.6. The van der Waals surface area contributed by atoms with E-state index in [1.165, 1.54) is 28.9 Å². The lowest BCUT2D eigenvalue weighted by Crippen LogP contribution is -2.24. The Morgan fingerprint density at radius 2 is 1.88 bits per heavy atom. The summed E-state index contributed by atoms with van der Waals surface area (Å²) in [4.78, 5) is 30.9. The number of aromatic nitrogens is 2. The van der Waals surface area contributed by atoms with Gasteiger partial charge < -0.3 is 10.1 Å². The van der Waals surface area contributed by atoms with E-state index in [0.29, 0.717) is 33.7 Å². The van der Waals surface area contributed by atoms with Gasteiger partial charge >= 0.3 is 0 Å². The van der Waals surface area contributed by atoms with Gasteiger partial charge in [0.2, 0.25) is 0 Å². The summed E-state index contributed by atoms with van der Waals surface area (Å²) in [6.45, 7) is 3.76. The number of rotatable bonds is 8. The first-order valence-electron chi connectivity index (χ1n) is 12.8. The summed E-state index contributed by atoms with van der Waals surface area (Å²) in [5.41, 5.74) is 1.40. The molecule has 0 fully saturated rings.